The van der Waals surface area contributed by atoms with Crippen molar-refractivity contribution in [3.8, 4) is 0 Å². The maximum Gasteiger partial charge on any atom is 0.288 e. The average Bonchev–Trinajstić information content (AvgIpc) is 2.98. The fourth-order valence-electron chi connectivity index (χ4n) is 3.00. The summed E-state index contributed by atoms with van der Waals surface area (Å²) in [6.45, 7) is 1.97. The molecule has 0 aliphatic carbocycles. The molecule has 3 rings (SSSR count). The van der Waals surface area contributed by atoms with Crippen LogP contribution < -0.4 is 5.32 Å². The largest absolute Gasteiger partial charge is 0.323 e. The molecule has 0 aromatic heterocycles. The lowest BCUT2D eigenvalue weighted by Crippen LogP contribution is -2.48. The van der Waals surface area contributed by atoms with Gasteiger partial charge in [0.1, 0.15) is 6.04 Å². The number of thioether (sulfide) groups is 2. The number of hydrogen-bond acceptors (Lipinski definition) is 4. The topological polar surface area (TPSA) is 49.4 Å². The summed E-state index contributed by atoms with van der Waals surface area (Å²) in [5.41, 5.74) is 0.355. The van der Waals surface area contributed by atoms with Gasteiger partial charge in [0, 0.05) is 17.1 Å². The zero-order valence-electron chi connectivity index (χ0n) is 12.4. The lowest BCUT2D eigenvalue weighted by Gasteiger charge is -2.30. The molecule has 1 aromatic carbocycles. The fraction of sp³-hybridized carbons (Fsp3) is 0.467. The number of halogens is 2. The van der Waals surface area contributed by atoms with E-state index in [2.05, 4.69) is 5.32 Å². The van der Waals surface area contributed by atoms with E-state index < -0.39 is 11.8 Å². The molecule has 0 spiro atoms. The van der Waals surface area contributed by atoms with E-state index in [4.69, 9.17) is 0 Å². The summed E-state index contributed by atoms with van der Waals surface area (Å²) in [6, 6.07) is 5.91. The second-order valence-corrected chi connectivity index (χ2v) is 8.16. The van der Waals surface area contributed by atoms with E-state index in [1.807, 2.05) is 6.92 Å². The van der Waals surface area contributed by atoms with Crippen LogP contribution in [0.1, 0.15) is 19.8 Å². The highest BCUT2D eigenvalue weighted by Gasteiger charge is 2.52. The smallest absolute Gasteiger partial charge is 0.288 e. The molecule has 4 nitrogen and oxygen atoms in total. The summed E-state index contributed by atoms with van der Waals surface area (Å²) in [5, 5.41) is 2.71. The third-order valence-corrected chi connectivity index (χ3v) is 6.40. The predicted octanol–water partition coefficient (Wildman–Crippen LogP) is 3.39. The molecule has 0 radical (unpaired) electrons. The molecule has 2 aliphatic rings. The second-order valence-electron chi connectivity index (χ2n) is 5.63. The summed E-state index contributed by atoms with van der Waals surface area (Å²) in [5.74, 6) is -2.37. The molecule has 1 N–H and O–H groups in total. The number of benzene rings is 1. The number of anilines is 1. The number of carbonyl (C=O) groups is 2. The van der Waals surface area contributed by atoms with Gasteiger partial charge in [-0.05, 0) is 25.5 Å². The van der Waals surface area contributed by atoms with Crippen LogP contribution in [0.3, 0.4) is 0 Å². The Kier molecular flexibility index (Phi) is 4.55. The quantitative estimate of drug-likeness (QED) is 0.838. The van der Waals surface area contributed by atoms with E-state index in [1.165, 1.54) is 0 Å². The standard InChI is InChI=1S/C15H16F2N2O2S2/c1-15-7-6-12(20)19(15)10(8-22-15)13(21)18-9-4-2-3-5-11(9)23-14(16)17/h2-5,10,14H,6-8H2,1H3,(H,18,21)/t10-,15+/m1/s1. The second kappa shape index (κ2) is 6.32. The third kappa shape index (κ3) is 3.19. The Hall–Kier alpha value is -1.28. The van der Waals surface area contributed by atoms with E-state index in [0.717, 1.165) is 6.42 Å². The maximum absolute atomic E-state index is 12.6. The van der Waals surface area contributed by atoms with Gasteiger partial charge in [0.05, 0.1) is 10.6 Å². The average molecular weight is 358 g/mol. The summed E-state index contributed by atoms with van der Waals surface area (Å²) in [4.78, 5) is 26.3. The summed E-state index contributed by atoms with van der Waals surface area (Å²) >= 11 is 1.99. The Bertz CT molecular complexity index is 644. The Morgan fingerprint density at radius 2 is 2.22 bits per heavy atom. The van der Waals surface area contributed by atoms with E-state index in [0.29, 0.717) is 34.5 Å². The highest BCUT2D eigenvalue weighted by Crippen LogP contribution is 2.47. The van der Waals surface area contributed by atoms with Crippen LogP contribution in [0.2, 0.25) is 0 Å². The summed E-state index contributed by atoms with van der Waals surface area (Å²) in [6.07, 6.45) is 1.18. The van der Waals surface area contributed by atoms with Crippen LogP contribution in [0.15, 0.2) is 29.2 Å². The van der Waals surface area contributed by atoms with Gasteiger partial charge < -0.3 is 10.2 Å². The molecular weight excluding hydrogens is 342 g/mol. The number of nitrogens with one attached hydrogen (secondary N) is 1. The Balaban J connectivity index is 1.77. The highest BCUT2D eigenvalue weighted by atomic mass is 32.2. The van der Waals surface area contributed by atoms with Gasteiger partial charge in [-0.2, -0.15) is 8.78 Å². The van der Waals surface area contributed by atoms with Crippen LogP contribution in [0.4, 0.5) is 14.5 Å². The first-order valence-corrected chi connectivity index (χ1v) is 9.08. The first kappa shape index (κ1) is 16.6. The van der Waals surface area contributed by atoms with E-state index in [9.17, 15) is 18.4 Å². The molecule has 2 fully saturated rings. The zero-order chi connectivity index (χ0) is 16.6. The molecule has 2 aliphatic heterocycles. The van der Waals surface area contributed by atoms with Gasteiger partial charge in [0.25, 0.3) is 5.76 Å². The molecular formula is C15H16F2N2O2S2. The Labute approximate surface area is 141 Å². The Morgan fingerprint density at radius 3 is 2.96 bits per heavy atom. The lowest BCUT2D eigenvalue weighted by atomic mass is 10.2. The fourth-order valence-corrected chi connectivity index (χ4v) is 5.03. The number of para-hydroxylation sites is 1. The van der Waals surface area contributed by atoms with Gasteiger partial charge in [0.15, 0.2) is 0 Å². The third-order valence-electron chi connectivity index (χ3n) is 4.11. The molecule has 2 amide bonds. The first-order valence-electron chi connectivity index (χ1n) is 7.21. The summed E-state index contributed by atoms with van der Waals surface area (Å²) < 4.78 is 25.2. The van der Waals surface area contributed by atoms with Crippen LogP contribution in [0, 0.1) is 0 Å². The summed E-state index contributed by atoms with van der Waals surface area (Å²) in [7, 11) is 0. The monoisotopic (exact) mass is 358 g/mol. The van der Waals surface area contributed by atoms with Crippen molar-refractivity contribution in [2.24, 2.45) is 0 Å². The van der Waals surface area contributed by atoms with E-state index in [1.54, 1.807) is 40.9 Å². The van der Waals surface area contributed by atoms with Crippen LogP contribution in [-0.4, -0.2) is 39.1 Å². The van der Waals surface area contributed by atoms with Crippen molar-refractivity contribution in [3.63, 3.8) is 0 Å². The van der Waals surface area contributed by atoms with Gasteiger partial charge in [-0.3, -0.25) is 9.59 Å². The zero-order valence-corrected chi connectivity index (χ0v) is 14.1. The van der Waals surface area contributed by atoms with Gasteiger partial charge in [-0.25, -0.2) is 0 Å². The molecule has 1 aromatic rings. The van der Waals surface area contributed by atoms with E-state index in [-0.39, 0.29) is 16.7 Å². The normalized spacial score (nSPS) is 26.7. The molecule has 2 atom stereocenters. The van der Waals surface area contributed by atoms with Crippen molar-refractivity contribution in [2.45, 2.75) is 41.3 Å². The SMILES string of the molecule is C[C@]12CCC(=O)N1[C@@H](C(=O)Nc1ccccc1SC(F)F)CS2. The lowest BCUT2D eigenvalue weighted by molar-refractivity contribution is -0.135. The van der Waals surface area contributed by atoms with Gasteiger partial charge in [-0.1, -0.05) is 23.9 Å². The molecule has 2 heterocycles. The molecule has 0 bridgehead atoms. The highest BCUT2D eigenvalue weighted by molar-refractivity contribution is 8.01. The van der Waals surface area contributed by atoms with Crippen molar-refractivity contribution in [3.05, 3.63) is 24.3 Å². The van der Waals surface area contributed by atoms with Crippen molar-refractivity contribution < 1.29 is 18.4 Å². The maximum atomic E-state index is 12.6. The van der Waals surface area contributed by atoms with Gasteiger partial charge in [0.2, 0.25) is 11.8 Å². The number of alkyl halides is 2. The van der Waals surface area contributed by atoms with Crippen LogP contribution in [-0.2, 0) is 9.59 Å². The molecule has 8 heteroatoms. The van der Waals surface area contributed by atoms with E-state index >= 15 is 0 Å². The first-order chi connectivity index (χ1) is 10.9. The number of fused-ring (bicyclic) bond motifs is 1. The molecule has 0 unspecified atom stereocenters. The number of carbonyl (C=O) groups excluding carboxylic acids is 2. The molecule has 0 saturated carbocycles. The minimum atomic E-state index is -2.56. The van der Waals surface area contributed by atoms with Crippen LogP contribution in [0.5, 0.6) is 0 Å². The van der Waals surface area contributed by atoms with Gasteiger partial charge >= 0.3 is 0 Å². The number of hydrogen-bond donors (Lipinski definition) is 1. The van der Waals surface area contributed by atoms with Crippen molar-refractivity contribution in [2.75, 3.05) is 11.1 Å². The minimum absolute atomic E-state index is 0.0205. The molecule has 124 valence electrons. The van der Waals surface area contributed by atoms with Crippen molar-refractivity contribution >= 4 is 41.0 Å². The van der Waals surface area contributed by atoms with Crippen molar-refractivity contribution in [1.82, 2.24) is 4.90 Å². The van der Waals surface area contributed by atoms with Crippen LogP contribution >= 0.6 is 23.5 Å². The predicted molar refractivity (Wildman–Crippen MR) is 87.7 cm³/mol. The van der Waals surface area contributed by atoms with Gasteiger partial charge in [-0.15, -0.1) is 11.8 Å². The number of nitrogens with zero attached hydrogens (tertiary/aromatic N) is 1. The number of rotatable bonds is 4. The molecule has 2 saturated heterocycles. The molecule has 23 heavy (non-hydrogen) atoms. The van der Waals surface area contributed by atoms with Crippen molar-refractivity contribution in [1.29, 1.82) is 0 Å². The number of amides is 2. The Morgan fingerprint density at radius 1 is 1.48 bits per heavy atom. The van der Waals surface area contributed by atoms with Crippen LogP contribution in [0.25, 0.3) is 0 Å². The minimum Gasteiger partial charge on any atom is -0.323 e.